The molecule has 1 saturated heterocycles. The van der Waals surface area contributed by atoms with Crippen LogP contribution in [0.4, 0.5) is 0 Å². The van der Waals surface area contributed by atoms with Gasteiger partial charge in [0.2, 0.25) is 5.13 Å². The summed E-state index contributed by atoms with van der Waals surface area (Å²) >= 11 is 9.05. The normalized spacial score (nSPS) is 18.1. The van der Waals surface area contributed by atoms with Crippen molar-refractivity contribution in [1.29, 1.82) is 0 Å². The average molecular weight is 496 g/mol. The van der Waals surface area contributed by atoms with E-state index >= 15 is 0 Å². The van der Waals surface area contributed by atoms with Crippen LogP contribution >= 0.6 is 34.3 Å². The fourth-order valence-electron chi connectivity index (χ4n) is 3.88. The van der Waals surface area contributed by atoms with Gasteiger partial charge in [0.15, 0.2) is 9.84 Å². The fourth-order valence-corrected chi connectivity index (χ4v) is 7.53. The second kappa shape index (κ2) is 7.44. The molecule has 1 N–H and O–H groups in total. The van der Waals surface area contributed by atoms with Crippen LogP contribution in [0.15, 0.2) is 27.7 Å². The lowest BCUT2D eigenvalue weighted by atomic mass is 10.1. The van der Waals surface area contributed by atoms with Gasteiger partial charge in [0, 0.05) is 11.1 Å². The molecule has 0 saturated carbocycles. The maximum absolute atomic E-state index is 13.4. The van der Waals surface area contributed by atoms with Gasteiger partial charge in [0.25, 0.3) is 5.56 Å². The topological polar surface area (TPSA) is 103 Å². The van der Waals surface area contributed by atoms with Gasteiger partial charge < -0.3 is 0 Å². The Morgan fingerprint density at radius 3 is 2.77 bits per heavy atom. The second-order valence-electron chi connectivity index (χ2n) is 7.54. The van der Waals surface area contributed by atoms with Crippen LogP contribution in [0, 0.1) is 13.8 Å². The van der Waals surface area contributed by atoms with Crippen molar-refractivity contribution in [2.24, 2.45) is 0 Å². The molecule has 5 heterocycles. The standard InChI is InChI=1S/C19H18ClN5O3S3/c1-10-7-15(24(22-10)12-4-6-31(27,28)9-12)16-11(2)23-25(18(16)26)19-21-14(8-30-19)17-13(20)3-5-29-17/h3,5,7-8,12,23H,4,6,9H2,1-2H3. The molecule has 31 heavy (non-hydrogen) atoms. The predicted octanol–water partition coefficient (Wildman–Crippen LogP) is 3.84. The number of nitrogens with one attached hydrogen (secondary N) is 1. The SMILES string of the molecule is Cc1cc(-c2c(C)[nH]n(-c3nc(-c4sccc4Cl)cs3)c2=O)n(C2CCS(=O)(=O)C2)n1. The van der Waals surface area contributed by atoms with Gasteiger partial charge >= 0.3 is 0 Å². The van der Waals surface area contributed by atoms with Gasteiger partial charge in [-0.05, 0) is 37.8 Å². The van der Waals surface area contributed by atoms with Crippen LogP contribution in [0.5, 0.6) is 0 Å². The molecular weight excluding hydrogens is 478 g/mol. The molecule has 0 aliphatic carbocycles. The molecule has 0 aromatic carbocycles. The Hall–Kier alpha value is -2.21. The molecular formula is C19H18ClN5O3S3. The summed E-state index contributed by atoms with van der Waals surface area (Å²) in [6, 6.07) is 3.37. The third-order valence-electron chi connectivity index (χ3n) is 5.27. The van der Waals surface area contributed by atoms with Crippen LogP contribution in [-0.4, -0.2) is 44.5 Å². The molecule has 1 atom stereocenters. The van der Waals surface area contributed by atoms with Gasteiger partial charge in [0.05, 0.1) is 50.1 Å². The molecule has 1 unspecified atom stereocenters. The van der Waals surface area contributed by atoms with Gasteiger partial charge in [-0.1, -0.05) is 11.6 Å². The van der Waals surface area contributed by atoms with E-state index in [0.29, 0.717) is 33.5 Å². The molecule has 5 rings (SSSR count). The van der Waals surface area contributed by atoms with Crippen molar-refractivity contribution in [3.05, 3.63) is 49.7 Å². The minimum atomic E-state index is -3.08. The summed E-state index contributed by atoms with van der Waals surface area (Å²) in [5.74, 6) is 0.176. The molecule has 162 valence electrons. The summed E-state index contributed by atoms with van der Waals surface area (Å²) in [5.41, 5.74) is 2.95. The Balaban J connectivity index is 1.58. The minimum absolute atomic E-state index is 0.0379. The molecule has 4 aromatic heterocycles. The summed E-state index contributed by atoms with van der Waals surface area (Å²) in [6.07, 6.45) is 0.492. The highest BCUT2D eigenvalue weighted by molar-refractivity contribution is 7.91. The fraction of sp³-hybridized carbons (Fsp3) is 0.316. The van der Waals surface area contributed by atoms with Crippen LogP contribution in [0.25, 0.3) is 27.0 Å². The first-order valence-corrected chi connectivity index (χ1v) is 13.5. The van der Waals surface area contributed by atoms with Gasteiger partial charge in [-0.2, -0.15) is 9.78 Å². The Morgan fingerprint density at radius 1 is 1.29 bits per heavy atom. The third kappa shape index (κ3) is 3.59. The second-order valence-corrected chi connectivity index (χ2v) is 11.9. The number of thiophene rings is 1. The molecule has 0 bridgehead atoms. The van der Waals surface area contributed by atoms with Crippen LogP contribution in [0.2, 0.25) is 5.02 Å². The number of aryl methyl sites for hydroxylation is 2. The number of hydrogen-bond donors (Lipinski definition) is 1. The van der Waals surface area contributed by atoms with Gasteiger partial charge in [-0.15, -0.1) is 22.7 Å². The number of aromatic nitrogens is 5. The molecule has 0 spiro atoms. The number of hydrogen-bond acceptors (Lipinski definition) is 7. The highest BCUT2D eigenvalue weighted by atomic mass is 35.5. The third-order valence-corrected chi connectivity index (χ3v) is 9.21. The van der Waals surface area contributed by atoms with E-state index < -0.39 is 9.84 Å². The maximum atomic E-state index is 13.4. The summed E-state index contributed by atoms with van der Waals surface area (Å²) in [4.78, 5) is 18.8. The van der Waals surface area contributed by atoms with Crippen molar-refractivity contribution in [1.82, 2.24) is 24.5 Å². The van der Waals surface area contributed by atoms with Crippen molar-refractivity contribution in [2.45, 2.75) is 26.3 Å². The Labute approximate surface area is 191 Å². The first-order chi connectivity index (χ1) is 14.7. The predicted molar refractivity (Wildman–Crippen MR) is 123 cm³/mol. The first-order valence-electron chi connectivity index (χ1n) is 9.51. The first kappa shape index (κ1) is 20.7. The summed E-state index contributed by atoms with van der Waals surface area (Å²) in [5, 5.41) is 12.5. The van der Waals surface area contributed by atoms with Crippen molar-refractivity contribution in [2.75, 3.05) is 11.5 Å². The van der Waals surface area contributed by atoms with Gasteiger partial charge in [-0.3, -0.25) is 14.6 Å². The van der Waals surface area contributed by atoms with E-state index in [9.17, 15) is 13.2 Å². The molecule has 12 heteroatoms. The Kier molecular flexibility index (Phi) is 4.96. The van der Waals surface area contributed by atoms with Gasteiger partial charge in [0.1, 0.15) is 0 Å². The van der Waals surface area contributed by atoms with Crippen molar-refractivity contribution in [3.63, 3.8) is 0 Å². The zero-order valence-corrected chi connectivity index (χ0v) is 19.8. The molecule has 0 amide bonds. The monoisotopic (exact) mass is 495 g/mol. The Bertz CT molecular complexity index is 1460. The number of nitrogens with zero attached hydrogens (tertiary/aromatic N) is 4. The number of rotatable bonds is 4. The number of thiazole rings is 1. The lowest BCUT2D eigenvalue weighted by Crippen LogP contribution is -2.18. The van der Waals surface area contributed by atoms with E-state index in [1.54, 1.807) is 4.68 Å². The van der Waals surface area contributed by atoms with Gasteiger partial charge in [-0.25, -0.2) is 13.4 Å². The quantitative estimate of drug-likeness (QED) is 0.463. The number of sulfone groups is 1. The summed E-state index contributed by atoms with van der Waals surface area (Å²) in [7, 11) is -3.08. The molecule has 8 nitrogen and oxygen atoms in total. The van der Waals surface area contributed by atoms with E-state index in [2.05, 4.69) is 15.2 Å². The lowest BCUT2D eigenvalue weighted by molar-refractivity contribution is 0.502. The zero-order chi connectivity index (χ0) is 21.9. The molecule has 4 aromatic rings. The highest BCUT2D eigenvalue weighted by Crippen LogP contribution is 2.35. The van der Waals surface area contributed by atoms with Crippen molar-refractivity contribution >= 4 is 44.1 Å². The molecule has 1 aliphatic rings. The minimum Gasteiger partial charge on any atom is -0.293 e. The average Bonchev–Trinajstić information content (AvgIpc) is 3.49. The number of halogens is 1. The molecule has 1 fully saturated rings. The molecule has 1 aliphatic heterocycles. The van der Waals surface area contributed by atoms with E-state index in [4.69, 9.17) is 11.6 Å². The number of H-pyrrole nitrogens is 1. The zero-order valence-electron chi connectivity index (χ0n) is 16.6. The van der Waals surface area contributed by atoms with Crippen LogP contribution in [0.3, 0.4) is 0 Å². The maximum Gasteiger partial charge on any atom is 0.283 e. The van der Waals surface area contributed by atoms with E-state index in [1.165, 1.54) is 27.4 Å². The van der Waals surface area contributed by atoms with E-state index in [-0.39, 0.29) is 23.1 Å². The van der Waals surface area contributed by atoms with Crippen LogP contribution in [-0.2, 0) is 9.84 Å². The van der Waals surface area contributed by atoms with Crippen LogP contribution < -0.4 is 5.56 Å². The summed E-state index contributed by atoms with van der Waals surface area (Å²) < 4.78 is 27.1. The number of aromatic amines is 1. The van der Waals surface area contributed by atoms with Crippen LogP contribution in [0.1, 0.15) is 23.9 Å². The highest BCUT2D eigenvalue weighted by Gasteiger charge is 2.32. The smallest absolute Gasteiger partial charge is 0.283 e. The Morgan fingerprint density at radius 2 is 2.10 bits per heavy atom. The largest absolute Gasteiger partial charge is 0.293 e. The van der Waals surface area contributed by atoms with Crippen molar-refractivity contribution in [3.8, 4) is 27.0 Å². The lowest BCUT2D eigenvalue weighted by Gasteiger charge is -2.12. The molecule has 0 radical (unpaired) electrons. The van der Waals surface area contributed by atoms with E-state index in [0.717, 1.165) is 16.3 Å². The van der Waals surface area contributed by atoms with Crippen molar-refractivity contribution < 1.29 is 8.42 Å². The summed E-state index contributed by atoms with van der Waals surface area (Å²) in [6.45, 7) is 3.65. The van der Waals surface area contributed by atoms with E-state index in [1.807, 2.05) is 36.7 Å².